The zero-order valence-corrected chi connectivity index (χ0v) is 17.7. The molecule has 0 saturated carbocycles. The van der Waals surface area contributed by atoms with E-state index in [9.17, 15) is 35.9 Å². The molecule has 3 rings (SSSR count). The third kappa shape index (κ3) is 6.09. The van der Waals surface area contributed by atoms with Crippen molar-refractivity contribution in [2.75, 3.05) is 17.2 Å². The predicted molar refractivity (Wildman–Crippen MR) is 111 cm³/mol. The second-order valence-corrected chi connectivity index (χ2v) is 7.77. The van der Waals surface area contributed by atoms with Gasteiger partial charge in [0.15, 0.2) is 0 Å². The minimum Gasteiger partial charge on any atom is -0.387 e. The first-order valence-electron chi connectivity index (χ1n) is 10.1. The summed E-state index contributed by atoms with van der Waals surface area (Å²) in [7, 11) is 0. The van der Waals surface area contributed by atoms with E-state index in [1.165, 1.54) is 30.3 Å². The molecule has 186 valence electrons. The molecule has 1 aliphatic rings. The van der Waals surface area contributed by atoms with Gasteiger partial charge in [-0.1, -0.05) is 6.07 Å². The third-order valence-corrected chi connectivity index (χ3v) is 5.42. The number of carbonyl (C=O) groups excluding carboxylic acids is 2. The van der Waals surface area contributed by atoms with Crippen LogP contribution in [-0.2, 0) is 15.8 Å². The molecule has 0 bridgehead atoms. The van der Waals surface area contributed by atoms with E-state index in [4.69, 9.17) is 10.4 Å². The lowest BCUT2D eigenvalue weighted by molar-refractivity contribution is -0.156. The molecule has 1 unspecified atom stereocenters. The van der Waals surface area contributed by atoms with Crippen molar-refractivity contribution in [3.05, 3.63) is 59.2 Å². The number of carbonyl (C=O) groups is 2. The van der Waals surface area contributed by atoms with Gasteiger partial charge in [-0.3, -0.25) is 14.9 Å². The average molecular weight is 500 g/mol. The van der Waals surface area contributed by atoms with Crippen LogP contribution >= 0.6 is 0 Å². The molecule has 1 heterocycles. The lowest BCUT2D eigenvalue weighted by Gasteiger charge is -2.23. The van der Waals surface area contributed by atoms with Crippen LogP contribution in [0.3, 0.4) is 0 Å². The van der Waals surface area contributed by atoms with Crippen molar-refractivity contribution in [3.8, 4) is 6.07 Å². The topological polar surface area (TPSA) is 114 Å². The zero-order valence-electron chi connectivity index (χ0n) is 17.7. The molecular weight excluding hydrogens is 482 g/mol. The van der Waals surface area contributed by atoms with Crippen LogP contribution in [0.25, 0.3) is 0 Å². The maximum Gasteiger partial charge on any atom is 0.417 e. The molecular formula is C22H18F6N4O3. The predicted octanol–water partition coefficient (Wildman–Crippen LogP) is 3.52. The zero-order chi connectivity index (χ0) is 26.0. The van der Waals surface area contributed by atoms with Crippen LogP contribution in [0.4, 0.5) is 37.7 Å². The number of aliphatic hydroxyl groups excluding tert-OH is 1. The molecule has 35 heavy (non-hydrogen) atoms. The van der Waals surface area contributed by atoms with Gasteiger partial charge < -0.3 is 15.7 Å². The molecule has 0 aromatic heterocycles. The molecule has 0 radical (unpaired) electrons. The number of aliphatic hydroxyl groups is 1. The first-order valence-corrected chi connectivity index (χ1v) is 10.1. The Balaban J connectivity index is 1.81. The largest absolute Gasteiger partial charge is 0.417 e. The number of amides is 2. The summed E-state index contributed by atoms with van der Waals surface area (Å²) in [6.45, 7) is -0.739. The van der Waals surface area contributed by atoms with Crippen molar-refractivity contribution < 1.29 is 41.0 Å². The van der Waals surface area contributed by atoms with Crippen LogP contribution in [0.2, 0.25) is 0 Å². The highest BCUT2D eigenvalue weighted by Crippen LogP contribution is 2.42. The second-order valence-electron chi connectivity index (χ2n) is 7.77. The maximum absolute atomic E-state index is 13.7. The number of nitriles is 1. The van der Waals surface area contributed by atoms with E-state index in [1.54, 1.807) is 0 Å². The molecule has 7 nitrogen and oxygen atoms in total. The van der Waals surface area contributed by atoms with E-state index in [2.05, 4.69) is 16.0 Å². The van der Waals surface area contributed by atoms with Gasteiger partial charge in [-0.2, -0.15) is 31.6 Å². The van der Waals surface area contributed by atoms with E-state index < -0.39 is 66.3 Å². The Hall–Kier alpha value is -3.63. The highest BCUT2D eigenvalue weighted by Gasteiger charge is 2.52. The van der Waals surface area contributed by atoms with Crippen LogP contribution in [0, 0.1) is 11.3 Å². The molecule has 0 spiro atoms. The highest BCUT2D eigenvalue weighted by molar-refractivity contribution is 5.96. The summed E-state index contributed by atoms with van der Waals surface area (Å²) in [5, 5.41) is 24.6. The van der Waals surface area contributed by atoms with Crippen LogP contribution in [0.15, 0.2) is 42.5 Å². The van der Waals surface area contributed by atoms with Gasteiger partial charge in [0.1, 0.15) is 12.6 Å². The Labute approximate surface area is 194 Å². The number of anilines is 2. The summed E-state index contributed by atoms with van der Waals surface area (Å²) in [6.07, 6.45) is -10.2. The van der Waals surface area contributed by atoms with Crippen molar-refractivity contribution in [2.45, 2.75) is 36.8 Å². The molecule has 13 heteroatoms. The first kappa shape index (κ1) is 26.0. The number of halogens is 6. The molecule has 0 aliphatic carbocycles. The Morgan fingerprint density at radius 3 is 2.14 bits per heavy atom. The molecule has 3 atom stereocenters. The summed E-state index contributed by atoms with van der Waals surface area (Å²) in [5.41, 5.74) is -1.86. The average Bonchev–Trinajstić information content (AvgIpc) is 3.25. The lowest BCUT2D eigenvalue weighted by atomic mass is 9.88. The Kier molecular flexibility index (Phi) is 7.37. The van der Waals surface area contributed by atoms with Crippen molar-refractivity contribution in [2.24, 2.45) is 0 Å². The van der Waals surface area contributed by atoms with Gasteiger partial charge in [0.05, 0.1) is 23.2 Å². The first-order chi connectivity index (χ1) is 16.3. The Bertz CT molecular complexity index is 1140. The van der Waals surface area contributed by atoms with E-state index in [0.717, 1.165) is 12.1 Å². The summed E-state index contributed by atoms with van der Waals surface area (Å²) in [5.74, 6) is -3.01. The molecule has 4 N–H and O–H groups in total. The minimum absolute atomic E-state index is 0.198. The van der Waals surface area contributed by atoms with Gasteiger partial charge in [0, 0.05) is 17.3 Å². The van der Waals surface area contributed by atoms with Crippen LogP contribution in [-0.4, -0.2) is 41.8 Å². The number of nitrogens with zero attached hydrogens (tertiary/aromatic N) is 1. The number of alkyl halides is 6. The van der Waals surface area contributed by atoms with E-state index in [-0.39, 0.29) is 11.3 Å². The fraction of sp³-hybridized carbons (Fsp3) is 0.318. The molecule has 1 saturated heterocycles. The van der Waals surface area contributed by atoms with Gasteiger partial charge in [0.25, 0.3) is 0 Å². The summed E-state index contributed by atoms with van der Waals surface area (Å²) in [6, 6.07) is 5.60. The lowest BCUT2D eigenvalue weighted by Crippen LogP contribution is -2.46. The number of benzene rings is 2. The van der Waals surface area contributed by atoms with E-state index >= 15 is 0 Å². The Morgan fingerprint density at radius 1 is 1.03 bits per heavy atom. The fourth-order valence-corrected chi connectivity index (χ4v) is 3.82. The third-order valence-electron chi connectivity index (χ3n) is 5.42. The number of nitrogens with one attached hydrogen (secondary N) is 3. The standard InChI is InChI=1S/C22H18F6N4O3/c23-21(24,25)16-7-11(1-2-12(16)9-29)15-8-17(32-19(15)22(26,27)28)20(35)31-14-5-3-13(4-6-14)30-18(34)10-33/h1-7,15,17,19,32-33H,8,10H2,(H,30,34)(H,31,35)/t15?,17-,19+/m0/s1. The highest BCUT2D eigenvalue weighted by atomic mass is 19.4. The summed E-state index contributed by atoms with van der Waals surface area (Å²) in [4.78, 5) is 23.8. The van der Waals surface area contributed by atoms with Crippen molar-refractivity contribution >= 4 is 23.2 Å². The summed E-state index contributed by atoms with van der Waals surface area (Å²) >= 11 is 0. The van der Waals surface area contributed by atoms with Crippen LogP contribution in [0.5, 0.6) is 0 Å². The van der Waals surface area contributed by atoms with Gasteiger partial charge in [-0.25, -0.2) is 0 Å². The van der Waals surface area contributed by atoms with Crippen molar-refractivity contribution in [1.29, 1.82) is 5.26 Å². The SMILES string of the molecule is N#Cc1ccc(C2C[C@@H](C(=O)Nc3ccc(NC(=O)CO)cc3)N[C@H]2C(F)(F)F)cc1C(F)(F)F. The van der Waals surface area contributed by atoms with Crippen molar-refractivity contribution in [3.63, 3.8) is 0 Å². The quantitative estimate of drug-likeness (QED) is 0.469. The number of hydrogen-bond donors (Lipinski definition) is 4. The van der Waals surface area contributed by atoms with Crippen LogP contribution in [0.1, 0.15) is 29.0 Å². The normalized spacial score (nSPS) is 20.2. The second kappa shape index (κ2) is 9.93. The van der Waals surface area contributed by atoms with Crippen molar-refractivity contribution in [1.82, 2.24) is 5.32 Å². The minimum atomic E-state index is -4.94. The maximum atomic E-state index is 13.7. The Morgan fingerprint density at radius 2 is 1.63 bits per heavy atom. The smallest absolute Gasteiger partial charge is 0.387 e. The molecule has 1 fully saturated rings. The van der Waals surface area contributed by atoms with E-state index in [1.807, 2.05) is 0 Å². The number of rotatable bonds is 5. The monoisotopic (exact) mass is 500 g/mol. The van der Waals surface area contributed by atoms with E-state index in [0.29, 0.717) is 11.8 Å². The summed E-state index contributed by atoms with van der Waals surface area (Å²) < 4.78 is 81.0. The fourth-order valence-electron chi connectivity index (χ4n) is 3.82. The molecule has 2 amide bonds. The number of hydrogen-bond acceptors (Lipinski definition) is 5. The van der Waals surface area contributed by atoms with Gasteiger partial charge in [0.2, 0.25) is 11.8 Å². The van der Waals surface area contributed by atoms with Gasteiger partial charge >= 0.3 is 12.4 Å². The molecule has 1 aliphatic heterocycles. The molecule has 2 aromatic carbocycles. The van der Waals surface area contributed by atoms with Gasteiger partial charge in [-0.15, -0.1) is 0 Å². The van der Waals surface area contributed by atoms with Gasteiger partial charge in [-0.05, 0) is 48.4 Å². The molecule has 2 aromatic rings. The van der Waals surface area contributed by atoms with Crippen LogP contribution < -0.4 is 16.0 Å².